The van der Waals surface area contributed by atoms with Gasteiger partial charge in [-0.2, -0.15) is 0 Å². The standard InChI is InChI=1S/C13H20N2/c1-10(2)6-7-15-8-11-4-3-5-13(14)12(11)9-15/h3-5,10H,6-9,14H2,1-2H3. The van der Waals surface area contributed by atoms with Gasteiger partial charge in [-0.3, -0.25) is 4.90 Å². The van der Waals surface area contributed by atoms with Gasteiger partial charge in [-0.1, -0.05) is 26.0 Å². The molecule has 82 valence electrons. The van der Waals surface area contributed by atoms with E-state index >= 15 is 0 Å². The van der Waals surface area contributed by atoms with Gasteiger partial charge in [0.1, 0.15) is 0 Å². The van der Waals surface area contributed by atoms with Gasteiger partial charge in [-0.05, 0) is 36.1 Å². The average Bonchev–Trinajstić information content (AvgIpc) is 2.59. The maximum atomic E-state index is 5.96. The van der Waals surface area contributed by atoms with E-state index in [1.165, 1.54) is 24.1 Å². The highest BCUT2D eigenvalue weighted by Crippen LogP contribution is 2.27. The van der Waals surface area contributed by atoms with Crippen LogP contribution in [0.15, 0.2) is 18.2 Å². The molecule has 2 rings (SSSR count). The Hall–Kier alpha value is -1.02. The van der Waals surface area contributed by atoms with Gasteiger partial charge in [-0.25, -0.2) is 0 Å². The first-order chi connectivity index (χ1) is 7.16. The minimum absolute atomic E-state index is 0.783. The topological polar surface area (TPSA) is 29.3 Å². The number of rotatable bonds is 3. The summed E-state index contributed by atoms with van der Waals surface area (Å²) in [7, 11) is 0. The highest BCUT2D eigenvalue weighted by atomic mass is 15.1. The number of hydrogen-bond acceptors (Lipinski definition) is 2. The highest BCUT2D eigenvalue weighted by molar-refractivity contribution is 5.52. The molecular weight excluding hydrogens is 184 g/mol. The average molecular weight is 204 g/mol. The SMILES string of the molecule is CC(C)CCN1Cc2cccc(N)c2C1. The zero-order valence-electron chi connectivity index (χ0n) is 9.66. The molecule has 0 spiro atoms. The summed E-state index contributed by atoms with van der Waals surface area (Å²) in [5, 5.41) is 0. The summed E-state index contributed by atoms with van der Waals surface area (Å²) in [4.78, 5) is 2.49. The van der Waals surface area contributed by atoms with Gasteiger partial charge in [0.05, 0.1) is 0 Å². The summed E-state index contributed by atoms with van der Waals surface area (Å²) < 4.78 is 0. The van der Waals surface area contributed by atoms with E-state index in [0.29, 0.717) is 0 Å². The predicted molar refractivity (Wildman–Crippen MR) is 64.4 cm³/mol. The summed E-state index contributed by atoms with van der Waals surface area (Å²) >= 11 is 0. The number of nitrogen functional groups attached to an aromatic ring is 1. The number of fused-ring (bicyclic) bond motifs is 1. The van der Waals surface area contributed by atoms with Crippen LogP contribution in [0.3, 0.4) is 0 Å². The third-order valence-corrected chi connectivity index (χ3v) is 3.11. The summed E-state index contributed by atoms with van der Waals surface area (Å²) in [6.07, 6.45) is 1.27. The second-order valence-corrected chi connectivity index (χ2v) is 4.88. The van der Waals surface area contributed by atoms with Crippen molar-refractivity contribution in [2.45, 2.75) is 33.4 Å². The fourth-order valence-corrected chi connectivity index (χ4v) is 2.11. The van der Waals surface area contributed by atoms with E-state index in [0.717, 1.165) is 24.7 Å². The van der Waals surface area contributed by atoms with Crippen molar-refractivity contribution in [3.63, 3.8) is 0 Å². The molecule has 1 aliphatic heterocycles. The van der Waals surface area contributed by atoms with E-state index in [9.17, 15) is 0 Å². The van der Waals surface area contributed by atoms with Crippen LogP contribution in [-0.4, -0.2) is 11.4 Å². The van der Waals surface area contributed by atoms with E-state index in [2.05, 4.69) is 30.9 Å². The Morgan fingerprint density at radius 2 is 2.13 bits per heavy atom. The molecule has 0 aromatic heterocycles. The van der Waals surface area contributed by atoms with Crippen LogP contribution in [0.4, 0.5) is 5.69 Å². The summed E-state index contributed by atoms with van der Waals surface area (Å²) in [6, 6.07) is 6.26. The summed E-state index contributed by atoms with van der Waals surface area (Å²) in [6.45, 7) is 7.85. The van der Waals surface area contributed by atoms with E-state index in [-0.39, 0.29) is 0 Å². The first-order valence-electron chi connectivity index (χ1n) is 5.75. The Balaban J connectivity index is 2.00. The molecule has 0 saturated heterocycles. The molecule has 15 heavy (non-hydrogen) atoms. The smallest absolute Gasteiger partial charge is 0.0363 e. The first-order valence-corrected chi connectivity index (χ1v) is 5.75. The summed E-state index contributed by atoms with van der Waals surface area (Å²) in [5.41, 5.74) is 9.69. The first kappa shape index (κ1) is 10.5. The number of hydrogen-bond donors (Lipinski definition) is 1. The number of nitrogens with zero attached hydrogens (tertiary/aromatic N) is 1. The van der Waals surface area contributed by atoms with Crippen LogP contribution in [0.2, 0.25) is 0 Å². The van der Waals surface area contributed by atoms with E-state index in [4.69, 9.17) is 5.73 Å². The molecule has 1 heterocycles. The van der Waals surface area contributed by atoms with E-state index < -0.39 is 0 Å². The van der Waals surface area contributed by atoms with E-state index in [1.807, 2.05) is 6.07 Å². The van der Waals surface area contributed by atoms with Crippen LogP contribution in [0.25, 0.3) is 0 Å². The number of anilines is 1. The van der Waals surface area contributed by atoms with Gasteiger partial charge in [0, 0.05) is 18.8 Å². The minimum Gasteiger partial charge on any atom is -0.398 e. The molecule has 0 unspecified atom stereocenters. The van der Waals surface area contributed by atoms with Crippen LogP contribution >= 0.6 is 0 Å². The van der Waals surface area contributed by atoms with Gasteiger partial charge < -0.3 is 5.73 Å². The van der Waals surface area contributed by atoms with Gasteiger partial charge >= 0.3 is 0 Å². The van der Waals surface area contributed by atoms with Gasteiger partial charge in [0.2, 0.25) is 0 Å². The fraction of sp³-hybridized carbons (Fsp3) is 0.538. The Kier molecular flexibility index (Phi) is 2.96. The van der Waals surface area contributed by atoms with Crippen molar-refractivity contribution in [1.29, 1.82) is 0 Å². The third kappa shape index (κ3) is 2.32. The number of nitrogens with two attached hydrogens (primary N) is 1. The van der Waals surface area contributed by atoms with Gasteiger partial charge in [-0.15, -0.1) is 0 Å². The normalized spacial score (nSPS) is 15.9. The van der Waals surface area contributed by atoms with Crippen LogP contribution in [0, 0.1) is 5.92 Å². The molecule has 1 aliphatic rings. The molecule has 0 atom stereocenters. The molecular formula is C13H20N2. The van der Waals surface area contributed by atoms with Crippen LogP contribution < -0.4 is 5.73 Å². The third-order valence-electron chi connectivity index (χ3n) is 3.11. The second-order valence-electron chi connectivity index (χ2n) is 4.88. The summed E-state index contributed by atoms with van der Waals surface area (Å²) in [5.74, 6) is 0.783. The van der Waals surface area contributed by atoms with Crippen molar-refractivity contribution < 1.29 is 0 Å². The van der Waals surface area contributed by atoms with Crippen molar-refractivity contribution in [2.24, 2.45) is 5.92 Å². The molecule has 0 aliphatic carbocycles. The minimum atomic E-state index is 0.783. The van der Waals surface area contributed by atoms with Crippen molar-refractivity contribution in [3.8, 4) is 0 Å². The largest absolute Gasteiger partial charge is 0.398 e. The van der Waals surface area contributed by atoms with Crippen LogP contribution in [-0.2, 0) is 13.1 Å². The maximum absolute atomic E-state index is 5.96. The molecule has 0 radical (unpaired) electrons. The zero-order chi connectivity index (χ0) is 10.8. The highest BCUT2D eigenvalue weighted by Gasteiger charge is 2.19. The van der Waals surface area contributed by atoms with Crippen molar-refractivity contribution >= 4 is 5.69 Å². The van der Waals surface area contributed by atoms with Crippen molar-refractivity contribution in [3.05, 3.63) is 29.3 Å². The quantitative estimate of drug-likeness (QED) is 0.767. The Morgan fingerprint density at radius 1 is 1.33 bits per heavy atom. The maximum Gasteiger partial charge on any atom is 0.0363 e. The molecule has 0 saturated carbocycles. The fourth-order valence-electron chi connectivity index (χ4n) is 2.11. The molecule has 0 amide bonds. The lowest BCUT2D eigenvalue weighted by Gasteiger charge is -2.15. The van der Waals surface area contributed by atoms with Gasteiger partial charge in [0.15, 0.2) is 0 Å². The van der Waals surface area contributed by atoms with E-state index in [1.54, 1.807) is 0 Å². The molecule has 0 bridgehead atoms. The molecule has 1 aromatic carbocycles. The lowest BCUT2D eigenvalue weighted by atomic mass is 10.1. The number of benzene rings is 1. The second kappa shape index (κ2) is 4.23. The molecule has 1 aromatic rings. The Morgan fingerprint density at radius 3 is 2.80 bits per heavy atom. The zero-order valence-corrected chi connectivity index (χ0v) is 9.66. The monoisotopic (exact) mass is 204 g/mol. The Labute approximate surface area is 92.1 Å². The van der Waals surface area contributed by atoms with Gasteiger partial charge in [0.25, 0.3) is 0 Å². The van der Waals surface area contributed by atoms with Crippen molar-refractivity contribution in [2.75, 3.05) is 12.3 Å². The Bertz CT molecular complexity index is 344. The predicted octanol–water partition coefficient (Wildman–Crippen LogP) is 2.63. The molecule has 2 N–H and O–H groups in total. The molecule has 2 nitrogen and oxygen atoms in total. The lowest BCUT2D eigenvalue weighted by Crippen LogP contribution is -2.19. The van der Waals surface area contributed by atoms with Crippen LogP contribution in [0.5, 0.6) is 0 Å². The lowest BCUT2D eigenvalue weighted by molar-refractivity contribution is 0.266. The molecule has 0 fully saturated rings. The van der Waals surface area contributed by atoms with Crippen molar-refractivity contribution in [1.82, 2.24) is 4.90 Å². The molecule has 2 heteroatoms. The van der Waals surface area contributed by atoms with Crippen LogP contribution in [0.1, 0.15) is 31.4 Å².